The van der Waals surface area contributed by atoms with Crippen LogP contribution < -0.4 is 5.73 Å². The third kappa shape index (κ3) is 4.43. The predicted molar refractivity (Wildman–Crippen MR) is 77.6 cm³/mol. The van der Waals surface area contributed by atoms with Gasteiger partial charge in [0.2, 0.25) is 0 Å². The van der Waals surface area contributed by atoms with Crippen molar-refractivity contribution in [3.8, 4) is 0 Å². The van der Waals surface area contributed by atoms with Crippen molar-refractivity contribution in [1.29, 1.82) is 0 Å². The Morgan fingerprint density at radius 3 is 2.67 bits per heavy atom. The van der Waals surface area contributed by atoms with E-state index in [1.807, 2.05) is 0 Å². The molecule has 1 aromatic carbocycles. The largest absolute Gasteiger partial charge is 0.324 e. The van der Waals surface area contributed by atoms with E-state index in [2.05, 4.69) is 49.1 Å². The number of nitrogens with two attached hydrogens (primary N) is 1. The molecule has 1 unspecified atom stereocenters. The van der Waals surface area contributed by atoms with E-state index in [1.165, 1.54) is 37.9 Å². The van der Waals surface area contributed by atoms with Gasteiger partial charge in [-0.2, -0.15) is 0 Å². The summed E-state index contributed by atoms with van der Waals surface area (Å²) >= 11 is 0. The Labute approximate surface area is 111 Å². The summed E-state index contributed by atoms with van der Waals surface area (Å²) in [6, 6.07) is 10.9. The maximum absolute atomic E-state index is 6.12. The fourth-order valence-electron chi connectivity index (χ4n) is 2.99. The average molecular weight is 246 g/mol. The van der Waals surface area contributed by atoms with E-state index in [1.54, 1.807) is 0 Å². The highest BCUT2D eigenvalue weighted by molar-refractivity contribution is 5.15. The van der Waals surface area contributed by atoms with Crippen LogP contribution in [0.4, 0.5) is 0 Å². The first-order valence-corrected chi connectivity index (χ1v) is 7.08. The summed E-state index contributed by atoms with van der Waals surface area (Å²) < 4.78 is 0. The Bertz CT molecular complexity index is 353. The van der Waals surface area contributed by atoms with Crippen LogP contribution in [0.25, 0.3) is 0 Å². The zero-order valence-corrected chi connectivity index (χ0v) is 11.7. The summed E-state index contributed by atoms with van der Waals surface area (Å²) in [4.78, 5) is 2.54. The number of likely N-dealkylation sites (tertiary alicyclic amines) is 1. The van der Waals surface area contributed by atoms with Gasteiger partial charge < -0.3 is 10.6 Å². The summed E-state index contributed by atoms with van der Waals surface area (Å²) in [6.45, 7) is 7.67. The van der Waals surface area contributed by atoms with Gasteiger partial charge in [0.1, 0.15) is 0 Å². The minimum atomic E-state index is -0.0748. The first kappa shape index (κ1) is 13.6. The van der Waals surface area contributed by atoms with E-state index in [0.29, 0.717) is 0 Å². The molecule has 2 heteroatoms. The highest BCUT2D eigenvalue weighted by atomic mass is 15.1. The average Bonchev–Trinajstić information content (AvgIpc) is 2.28. The molecule has 1 heterocycles. The standard InChI is InChI=1S/C16H26N2/c1-16(2,17)13-18-10-6-9-15(12-18)11-14-7-4-3-5-8-14/h3-5,7-8,15H,6,9-13,17H2,1-2H3. The van der Waals surface area contributed by atoms with Crippen molar-refractivity contribution in [3.63, 3.8) is 0 Å². The summed E-state index contributed by atoms with van der Waals surface area (Å²) in [5.41, 5.74) is 7.52. The lowest BCUT2D eigenvalue weighted by Crippen LogP contribution is -2.48. The van der Waals surface area contributed by atoms with Crippen molar-refractivity contribution >= 4 is 0 Å². The molecular formula is C16H26N2. The van der Waals surface area contributed by atoms with E-state index in [9.17, 15) is 0 Å². The van der Waals surface area contributed by atoms with E-state index >= 15 is 0 Å². The van der Waals surface area contributed by atoms with E-state index in [0.717, 1.165) is 12.5 Å². The fraction of sp³-hybridized carbons (Fsp3) is 0.625. The third-order valence-corrected chi connectivity index (χ3v) is 3.60. The Morgan fingerprint density at radius 2 is 2.00 bits per heavy atom. The third-order valence-electron chi connectivity index (χ3n) is 3.60. The molecule has 100 valence electrons. The van der Waals surface area contributed by atoms with E-state index < -0.39 is 0 Å². The van der Waals surface area contributed by atoms with Gasteiger partial charge in [-0.05, 0) is 51.1 Å². The van der Waals surface area contributed by atoms with Crippen molar-refractivity contribution in [2.75, 3.05) is 19.6 Å². The van der Waals surface area contributed by atoms with Crippen LogP contribution in [0.15, 0.2) is 30.3 Å². The van der Waals surface area contributed by atoms with Gasteiger partial charge in [-0.1, -0.05) is 30.3 Å². The molecule has 0 aromatic heterocycles. The molecule has 1 atom stereocenters. The minimum Gasteiger partial charge on any atom is -0.324 e. The maximum Gasteiger partial charge on any atom is 0.0226 e. The van der Waals surface area contributed by atoms with Gasteiger partial charge >= 0.3 is 0 Å². The number of rotatable bonds is 4. The molecule has 0 amide bonds. The van der Waals surface area contributed by atoms with Gasteiger partial charge in [-0.15, -0.1) is 0 Å². The lowest BCUT2D eigenvalue weighted by Gasteiger charge is -2.36. The minimum absolute atomic E-state index is 0.0748. The molecular weight excluding hydrogens is 220 g/mol. The topological polar surface area (TPSA) is 29.3 Å². The van der Waals surface area contributed by atoms with Crippen molar-refractivity contribution in [2.45, 2.75) is 38.6 Å². The number of nitrogens with zero attached hydrogens (tertiary/aromatic N) is 1. The number of piperidine rings is 1. The zero-order valence-electron chi connectivity index (χ0n) is 11.7. The van der Waals surface area contributed by atoms with Gasteiger partial charge in [0, 0.05) is 18.6 Å². The summed E-state index contributed by atoms with van der Waals surface area (Å²) in [5, 5.41) is 0. The monoisotopic (exact) mass is 246 g/mol. The molecule has 1 aliphatic rings. The van der Waals surface area contributed by atoms with Crippen LogP contribution in [0.1, 0.15) is 32.3 Å². The molecule has 1 aliphatic heterocycles. The number of benzene rings is 1. The molecule has 0 saturated carbocycles. The van der Waals surface area contributed by atoms with Crippen LogP contribution in [0.5, 0.6) is 0 Å². The van der Waals surface area contributed by atoms with Crippen molar-refractivity contribution in [1.82, 2.24) is 4.90 Å². The molecule has 1 fully saturated rings. The Morgan fingerprint density at radius 1 is 1.28 bits per heavy atom. The van der Waals surface area contributed by atoms with Crippen molar-refractivity contribution < 1.29 is 0 Å². The number of hydrogen-bond acceptors (Lipinski definition) is 2. The molecule has 1 saturated heterocycles. The molecule has 0 radical (unpaired) electrons. The highest BCUT2D eigenvalue weighted by Gasteiger charge is 2.23. The first-order valence-electron chi connectivity index (χ1n) is 7.08. The van der Waals surface area contributed by atoms with Crippen LogP contribution in [0.3, 0.4) is 0 Å². The van der Waals surface area contributed by atoms with E-state index in [4.69, 9.17) is 5.73 Å². The van der Waals surface area contributed by atoms with Crippen LogP contribution in [0, 0.1) is 5.92 Å². The van der Waals surface area contributed by atoms with Crippen molar-refractivity contribution in [2.24, 2.45) is 11.7 Å². The summed E-state index contributed by atoms with van der Waals surface area (Å²) in [6.07, 6.45) is 3.88. The zero-order chi connectivity index (χ0) is 13.0. The lowest BCUT2D eigenvalue weighted by atomic mass is 9.90. The molecule has 0 spiro atoms. The molecule has 2 rings (SSSR count). The number of hydrogen-bond donors (Lipinski definition) is 1. The second-order valence-corrected chi connectivity index (χ2v) is 6.42. The molecule has 1 aromatic rings. The Balaban J connectivity index is 1.87. The summed E-state index contributed by atoms with van der Waals surface area (Å²) in [7, 11) is 0. The highest BCUT2D eigenvalue weighted by Crippen LogP contribution is 2.21. The Hall–Kier alpha value is -0.860. The SMILES string of the molecule is CC(C)(N)CN1CCCC(Cc2ccccc2)C1. The molecule has 2 N–H and O–H groups in total. The van der Waals surface area contributed by atoms with Crippen LogP contribution in [-0.4, -0.2) is 30.1 Å². The smallest absolute Gasteiger partial charge is 0.0226 e. The quantitative estimate of drug-likeness (QED) is 0.885. The molecule has 0 aliphatic carbocycles. The van der Waals surface area contributed by atoms with Crippen LogP contribution in [-0.2, 0) is 6.42 Å². The summed E-state index contributed by atoms with van der Waals surface area (Å²) in [5.74, 6) is 0.795. The fourth-order valence-corrected chi connectivity index (χ4v) is 2.99. The van der Waals surface area contributed by atoms with Gasteiger partial charge in [-0.25, -0.2) is 0 Å². The molecule has 18 heavy (non-hydrogen) atoms. The van der Waals surface area contributed by atoms with Gasteiger partial charge in [0.25, 0.3) is 0 Å². The lowest BCUT2D eigenvalue weighted by molar-refractivity contribution is 0.148. The van der Waals surface area contributed by atoms with E-state index in [-0.39, 0.29) is 5.54 Å². The Kier molecular flexibility index (Phi) is 4.41. The van der Waals surface area contributed by atoms with Gasteiger partial charge in [0.05, 0.1) is 0 Å². The van der Waals surface area contributed by atoms with Gasteiger partial charge in [-0.3, -0.25) is 0 Å². The maximum atomic E-state index is 6.12. The molecule has 2 nitrogen and oxygen atoms in total. The molecule has 0 bridgehead atoms. The predicted octanol–water partition coefficient (Wildman–Crippen LogP) is 2.68. The first-order chi connectivity index (χ1) is 8.53. The van der Waals surface area contributed by atoms with Crippen LogP contribution in [0.2, 0.25) is 0 Å². The normalized spacial score (nSPS) is 22.1. The van der Waals surface area contributed by atoms with Crippen LogP contribution >= 0.6 is 0 Å². The second kappa shape index (κ2) is 5.85. The second-order valence-electron chi connectivity index (χ2n) is 6.42. The van der Waals surface area contributed by atoms with Crippen molar-refractivity contribution in [3.05, 3.63) is 35.9 Å². The van der Waals surface area contributed by atoms with Gasteiger partial charge in [0.15, 0.2) is 0 Å².